The normalized spacial score (nSPS) is 11.0. The van der Waals surface area contributed by atoms with E-state index in [1.165, 1.54) is 23.5 Å². The third kappa shape index (κ3) is 4.90. The second kappa shape index (κ2) is 9.14. The van der Waals surface area contributed by atoms with Crippen LogP contribution in [0.1, 0.15) is 10.8 Å². The Morgan fingerprint density at radius 3 is 2.65 bits per heavy atom. The van der Waals surface area contributed by atoms with Gasteiger partial charge in [-0.1, -0.05) is 30.3 Å². The van der Waals surface area contributed by atoms with Gasteiger partial charge in [-0.3, -0.25) is 10.1 Å². The van der Waals surface area contributed by atoms with Crippen LogP contribution in [0.4, 0.5) is 5.69 Å². The second-order valence-corrected chi connectivity index (χ2v) is 7.40. The van der Waals surface area contributed by atoms with E-state index in [0.717, 1.165) is 15.3 Å². The number of nitrogens with zero attached hydrogens (tertiary/aromatic N) is 3. The number of nitro groups is 1. The van der Waals surface area contributed by atoms with Crippen molar-refractivity contribution in [2.45, 2.75) is 6.61 Å². The molecule has 0 unspecified atom stereocenters. The maximum Gasteiger partial charge on any atom is 0.331 e. The zero-order valence-corrected chi connectivity index (χ0v) is 16.8. The van der Waals surface area contributed by atoms with E-state index in [4.69, 9.17) is 9.15 Å². The van der Waals surface area contributed by atoms with E-state index in [0.29, 0.717) is 11.5 Å². The number of para-hydroxylation sites is 1. The largest absolute Gasteiger partial charge is 0.452 e. The van der Waals surface area contributed by atoms with Gasteiger partial charge in [-0.2, -0.15) is 0 Å². The average molecular weight is 433 g/mol. The Morgan fingerprint density at radius 1 is 1.06 bits per heavy atom. The van der Waals surface area contributed by atoms with Crippen LogP contribution in [0.5, 0.6) is 0 Å². The highest BCUT2D eigenvalue weighted by molar-refractivity contribution is 7.16. The molecule has 0 amide bonds. The van der Waals surface area contributed by atoms with Crippen molar-refractivity contribution in [2.24, 2.45) is 0 Å². The van der Waals surface area contributed by atoms with Crippen LogP contribution in [0, 0.1) is 10.1 Å². The molecule has 2 aromatic heterocycles. The van der Waals surface area contributed by atoms with Crippen LogP contribution in [0.25, 0.3) is 28.0 Å². The molecule has 0 aliphatic heterocycles. The number of esters is 1. The van der Waals surface area contributed by atoms with Crippen LogP contribution in [0.2, 0.25) is 0 Å². The number of hydrogen-bond donors (Lipinski definition) is 0. The zero-order valence-electron chi connectivity index (χ0n) is 16.0. The molecule has 4 aromatic rings. The van der Waals surface area contributed by atoms with Crippen molar-refractivity contribution in [1.82, 2.24) is 10.2 Å². The van der Waals surface area contributed by atoms with Gasteiger partial charge in [-0.25, -0.2) is 4.79 Å². The number of carbonyl (C=O) groups excluding carboxylic acids is 1. The van der Waals surface area contributed by atoms with Gasteiger partial charge in [-0.15, -0.1) is 21.5 Å². The standard InChI is InChI=1S/C22H15N3O5S/c26-21(29-14-20-23-24-22(30-20)15-6-2-1-3-7-15)13-11-16-10-12-19(31-16)17-8-4-5-9-18(17)25(27)28/h1-13H,14H2/b13-11-. The van der Waals surface area contributed by atoms with Crippen LogP contribution in [-0.4, -0.2) is 21.1 Å². The quantitative estimate of drug-likeness (QED) is 0.172. The predicted molar refractivity (Wildman–Crippen MR) is 115 cm³/mol. The molecule has 0 bridgehead atoms. The Balaban J connectivity index is 1.36. The number of hydrogen-bond acceptors (Lipinski definition) is 8. The van der Waals surface area contributed by atoms with Crippen molar-refractivity contribution >= 4 is 29.1 Å². The molecule has 0 fully saturated rings. The minimum Gasteiger partial charge on any atom is -0.452 e. The molecule has 0 aliphatic rings. The lowest BCUT2D eigenvalue weighted by Crippen LogP contribution is -2.00. The molecule has 0 saturated heterocycles. The van der Waals surface area contributed by atoms with Crippen molar-refractivity contribution < 1.29 is 18.9 Å². The molecule has 0 saturated carbocycles. The topological polar surface area (TPSA) is 108 Å². The molecule has 154 valence electrons. The fourth-order valence-corrected chi connectivity index (χ4v) is 3.71. The number of rotatable bonds is 7. The molecule has 0 atom stereocenters. The summed E-state index contributed by atoms with van der Waals surface area (Å²) in [5.74, 6) is -0.0289. The summed E-state index contributed by atoms with van der Waals surface area (Å²) in [5, 5.41) is 19.0. The van der Waals surface area contributed by atoms with Gasteiger partial charge in [0.25, 0.3) is 11.6 Å². The van der Waals surface area contributed by atoms with Crippen LogP contribution in [-0.2, 0) is 16.1 Å². The number of aromatic nitrogens is 2. The Hall–Kier alpha value is -4.11. The first-order valence-electron chi connectivity index (χ1n) is 9.16. The lowest BCUT2D eigenvalue weighted by molar-refractivity contribution is -0.384. The van der Waals surface area contributed by atoms with Crippen LogP contribution in [0.3, 0.4) is 0 Å². The fourth-order valence-electron chi connectivity index (χ4n) is 2.77. The first-order chi connectivity index (χ1) is 15.1. The van der Waals surface area contributed by atoms with Crippen LogP contribution < -0.4 is 0 Å². The smallest absolute Gasteiger partial charge is 0.331 e. The molecule has 4 rings (SSSR count). The first-order valence-corrected chi connectivity index (χ1v) is 9.98. The molecule has 31 heavy (non-hydrogen) atoms. The summed E-state index contributed by atoms with van der Waals surface area (Å²) < 4.78 is 10.6. The third-order valence-corrected chi connectivity index (χ3v) is 5.29. The molecule has 0 N–H and O–H groups in total. The summed E-state index contributed by atoms with van der Waals surface area (Å²) in [6.07, 6.45) is 2.87. The predicted octanol–water partition coefficient (Wildman–Crippen LogP) is 5.13. The van der Waals surface area contributed by atoms with Gasteiger partial charge in [-0.05, 0) is 36.4 Å². The molecule has 2 aromatic carbocycles. The van der Waals surface area contributed by atoms with E-state index in [1.54, 1.807) is 36.4 Å². The van der Waals surface area contributed by atoms with Gasteiger partial charge in [0.05, 0.1) is 10.5 Å². The summed E-state index contributed by atoms with van der Waals surface area (Å²) in [4.78, 5) is 24.3. The second-order valence-electron chi connectivity index (χ2n) is 6.28. The maximum atomic E-state index is 12.0. The highest BCUT2D eigenvalue weighted by Gasteiger charge is 2.15. The molecule has 2 heterocycles. The number of thiophene rings is 1. The van der Waals surface area contributed by atoms with E-state index in [-0.39, 0.29) is 18.2 Å². The molecule has 8 nitrogen and oxygen atoms in total. The average Bonchev–Trinajstić information content (AvgIpc) is 3.47. The molecular formula is C22H15N3O5S. The lowest BCUT2D eigenvalue weighted by Gasteiger charge is -1.99. The monoisotopic (exact) mass is 433 g/mol. The van der Waals surface area contributed by atoms with Crippen molar-refractivity contribution in [3.63, 3.8) is 0 Å². The van der Waals surface area contributed by atoms with Crippen molar-refractivity contribution in [3.8, 4) is 21.9 Å². The maximum absolute atomic E-state index is 12.0. The van der Waals surface area contributed by atoms with Gasteiger partial charge in [0.15, 0.2) is 6.61 Å². The fraction of sp³-hybridized carbons (Fsp3) is 0.0455. The third-order valence-electron chi connectivity index (χ3n) is 4.20. The number of benzene rings is 2. The van der Waals surface area contributed by atoms with E-state index >= 15 is 0 Å². The molecule has 0 spiro atoms. The van der Waals surface area contributed by atoms with Crippen LogP contribution in [0.15, 0.2) is 77.2 Å². The highest BCUT2D eigenvalue weighted by atomic mass is 32.1. The van der Waals surface area contributed by atoms with Gasteiger partial charge in [0.1, 0.15) is 0 Å². The van der Waals surface area contributed by atoms with Gasteiger partial charge in [0.2, 0.25) is 5.89 Å². The minimum absolute atomic E-state index is 0.0359. The molecular weight excluding hydrogens is 418 g/mol. The summed E-state index contributed by atoms with van der Waals surface area (Å²) in [6.45, 7) is -0.144. The Labute approximate surface area is 180 Å². The molecule has 9 heteroatoms. The van der Waals surface area contributed by atoms with E-state index < -0.39 is 10.9 Å². The van der Waals surface area contributed by atoms with Crippen LogP contribution >= 0.6 is 11.3 Å². The lowest BCUT2D eigenvalue weighted by atomic mass is 10.1. The highest BCUT2D eigenvalue weighted by Crippen LogP contribution is 2.35. The van der Waals surface area contributed by atoms with Gasteiger partial charge >= 0.3 is 5.97 Å². The Bertz CT molecular complexity index is 1250. The SMILES string of the molecule is O=C(/C=C\c1ccc(-c2ccccc2[N+](=O)[O-])s1)OCc1nnc(-c2ccccc2)o1. The van der Waals surface area contributed by atoms with E-state index in [2.05, 4.69) is 10.2 Å². The van der Waals surface area contributed by atoms with Gasteiger partial charge in [0, 0.05) is 27.5 Å². The number of ether oxygens (including phenoxy) is 1. The minimum atomic E-state index is -0.569. The van der Waals surface area contributed by atoms with Crippen molar-refractivity contribution in [1.29, 1.82) is 0 Å². The van der Waals surface area contributed by atoms with Crippen molar-refractivity contribution in [2.75, 3.05) is 0 Å². The van der Waals surface area contributed by atoms with E-state index in [1.807, 2.05) is 30.3 Å². The summed E-state index contributed by atoms with van der Waals surface area (Å²) in [6, 6.07) is 19.4. The van der Waals surface area contributed by atoms with E-state index in [9.17, 15) is 14.9 Å². The molecule has 0 radical (unpaired) electrons. The Morgan fingerprint density at radius 2 is 1.84 bits per heavy atom. The van der Waals surface area contributed by atoms with Gasteiger partial charge < -0.3 is 9.15 Å². The molecule has 0 aliphatic carbocycles. The first kappa shape index (κ1) is 20.2. The zero-order chi connectivity index (χ0) is 21.6. The summed E-state index contributed by atoms with van der Waals surface area (Å²) >= 11 is 1.34. The number of carbonyl (C=O) groups is 1. The summed E-state index contributed by atoms with van der Waals surface area (Å²) in [7, 11) is 0. The van der Waals surface area contributed by atoms with Crippen molar-refractivity contribution in [3.05, 3.63) is 93.7 Å². The summed E-state index contributed by atoms with van der Waals surface area (Å²) in [5.41, 5.74) is 1.35. The Kier molecular flexibility index (Phi) is 5.95. The number of nitro benzene ring substituents is 1.